The highest BCUT2D eigenvalue weighted by molar-refractivity contribution is 6.05. The van der Waals surface area contributed by atoms with Crippen molar-refractivity contribution in [3.8, 4) is 5.75 Å². The molecule has 2 aromatic carbocycles. The third-order valence-electron chi connectivity index (χ3n) is 2.34. The Bertz CT molecular complexity index is 535. The number of hydrogen-bond acceptors (Lipinski definition) is 3. The molecular formula is C13H12N2O2. The Kier molecular flexibility index (Phi) is 2.96. The van der Waals surface area contributed by atoms with Crippen LogP contribution in [0.25, 0.3) is 0 Å². The highest BCUT2D eigenvalue weighted by Crippen LogP contribution is 2.18. The van der Waals surface area contributed by atoms with Crippen molar-refractivity contribution in [1.29, 1.82) is 0 Å². The lowest BCUT2D eigenvalue weighted by atomic mass is 10.2. The lowest BCUT2D eigenvalue weighted by Gasteiger charge is -2.07. The molecule has 17 heavy (non-hydrogen) atoms. The summed E-state index contributed by atoms with van der Waals surface area (Å²) in [6, 6.07) is 13.1. The summed E-state index contributed by atoms with van der Waals surface area (Å²) in [5, 5.41) is 11.8. The van der Waals surface area contributed by atoms with E-state index in [1.165, 1.54) is 12.1 Å². The summed E-state index contributed by atoms with van der Waals surface area (Å²) in [5.74, 6) is -0.135. The van der Waals surface area contributed by atoms with Gasteiger partial charge in [-0.25, -0.2) is 0 Å². The number of carbonyl (C=O) groups excluding carboxylic acids is 1. The fraction of sp³-hybridized carbons (Fsp3) is 0. The predicted molar refractivity (Wildman–Crippen MR) is 66.9 cm³/mol. The molecule has 0 spiro atoms. The molecule has 0 radical (unpaired) electrons. The molecule has 0 aliphatic carbocycles. The number of hydrogen-bond donors (Lipinski definition) is 3. The highest BCUT2D eigenvalue weighted by Gasteiger charge is 2.07. The van der Waals surface area contributed by atoms with Gasteiger partial charge in [-0.3, -0.25) is 4.79 Å². The number of phenols is 1. The van der Waals surface area contributed by atoms with Crippen LogP contribution in [0.3, 0.4) is 0 Å². The molecule has 86 valence electrons. The molecule has 0 atom stereocenters. The Morgan fingerprint density at radius 3 is 2.35 bits per heavy atom. The molecule has 0 saturated carbocycles. The number of rotatable bonds is 2. The van der Waals surface area contributed by atoms with Gasteiger partial charge in [0.2, 0.25) is 0 Å². The van der Waals surface area contributed by atoms with Gasteiger partial charge in [0.05, 0.1) is 11.4 Å². The van der Waals surface area contributed by atoms with Crippen LogP contribution in [0, 0.1) is 0 Å². The summed E-state index contributed by atoms with van der Waals surface area (Å²) in [7, 11) is 0. The maximum Gasteiger partial charge on any atom is 0.255 e. The Morgan fingerprint density at radius 1 is 1.06 bits per heavy atom. The minimum Gasteiger partial charge on any atom is -0.508 e. The maximum atomic E-state index is 11.8. The number of nitrogens with two attached hydrogens (primary N) is 1. The molecule has 1 amide bonds. The number of carbonyl (C=O) groups is 1. The molecule has 0 heterocycles. The van der Waals surface area contributed by atoms with Gasteiger partial charge in [-0.1, -0.05) is 12.1 Å². The first-order valence-corrected chi connectivity index (χ1v) is 5.12. The van der Waals surface area contributed by atoms with Gasteiger partial charge in [0.1, 0.15) is 5.75 Å². The van der Waals surface area contributed by atoms with E-state index in [1.54, 1.807) is 36.4 Å². The second-order valence-corrected chi connectivity index (χ2v) is 3.59. The number of amides is 1. The van der Waals surface area contributed by atoms with Crippen molar-refractivity contribution in [1.82, 2.24) is 0 Å². The lowest BCUT2D eigenvalue weighted by molar-refractivity contribution is 0.102. The molecule has 4 nitrogen and oxygen atoms in total. The van der Waals surface area contributed by atoms with E-state index in [9.17, 15) is 4.79 Å². The van der Waals surface area contributed by atoms with Gasteiger partial charge in [0, 0.05) is 5.56 Å². The van der Waals surface area contributed by atoms with E-state index >= 15 is 0 Å². The van der Waals surface area contributed by atoms with E-state index in [0.717, 1.165) is 0 Å². The first kappa shape index (κ1) is 11.0. The van der Waals surface area contributed by atoms with Gasteiger partial charge in [-0.2, -0.15) is 0 Å². The summed E-state index contributed by atoms with van der Waals surface area (Å²) in [5.41, 5.74) is 7.27. The quantitative estimate of drug-likeness (QED) is 0.690. The Hall–Kier alpha value is -2.49. The Balaban J connectivity index is 2.17. The number of anilines is 2. The monoisotopic (exact) mass is 228 g/mol. The van der Waals surface area contributed by atoms with Crippen LogP contribution in [0.2, 0.25) is 0 Å². The second-order valence-electron chi connectivity index (χ2n) is 3.59. The van der Waals surface area contributed by atoms with Gasteiger partial charge in [-0.05, 0) is 36.4 Å². The number of phenolic OH excluding ortho intramolecular Hbond substituents is 1. The number of para-hydroxylation sites is 2. The normalized spacial score (nSPS) is 9.88. The van der Waals surface area contributed by atoms with Gasteiger partial charge >= 0.3 is 0 Å². The van der Waals surface area contributed by atoms with E-state index in [0.29, 0.717) is 16.9 Å². The van der Waals surface area contributed by atoms with Gasteiger partial charge in [0.15, 0.2) is 0 Å². The largest absolute Gasteiger partial charge is 0.508 e. The summed E-state index contributed by atoms with van der Waals surface area (Å²) in [6.07, 6.45) is 0. The number of aromatic hydroxyl groups is 1. The highest BCUT2D eigenvalue weighted by atomic mass is 16.3. The lowest BCUT2D eigenvalue weighted by Crippen LogP contribution is -2.12. The smallest absolute Gasteiger partial charge is 0.255 e. The van der Waals surface area contributed by atoms with Crippen LogP contribution in [0.4, 0.5) is 11.4 Å². The van der Waals surface area contributed by atoms with Crippen molar-refractivity contribution in [2.24, 2.45) is 0 Å². The third kappa shape index (κ3) is 2.55. The van der Waals surface area contributed by atoms with E-state index in [1.807, 2.05) is 0 Å². The van der Waals surface area contributed by atoms with Gasteiger partial charge < -0.3 is 16.2 Å². The number of nitrogens with one attached hydrogen (secondary N) is 1. The topological polar surface area (TPSA) is 75.3 Å². The van der Waals surface area contributed by atoms with Crippen molar-refractivity contribution >= 4 is 17.3 Å². The molecular weight excluding hydrogens is 216 g/mol. The molecule has 4 heteroatoms. The summed E-state index contributed by atoms with van der Waals surface area (Å²) >= 11 is 0. The first-order chi connectivity index (χ1) is 8.16. The Labute approximate surface area is 98.7 Å². The zero-order valence-corrected chi connectivity index (χ0v) is 9.05. The van der Waals surface area contributed by atoms with Crippen LogP contribution in [-0.2, 0) is 0 Å². The maximum absolute atomic E-state index is 11.8. The van der Waals surface area contributed by atoms with E-state index < -0.39 is 0 Å². The fourth-order valence-corrected chi connectivity index (χ4v) is 1.42. The van der Waals surface area contributed by atoms with E-state index in [2.05, 4.69) is 5.32 Å². The SMILES string of the molecule is Nc1ccccc1NC(=O)c1ccc(O)cc1. The van der Waals surface area contributed by atoms with Crippen molar-refractivity contribution in [2.45, 2.75) is 0 Å². The molecule has 0 unspecified atom stereocenters. The third-order valence-corrected chi connectivity index (χ3v) is 2.34. The number of benzene rings is 2. The second kappa shape index (κ2) is 4.57. The standard InChI is InChI=1S/C13H12N2O2/c14-11-3-1-2-4-12(11)15-13(17)9-5-7-10(16)8-6-9/h1-8,16H,14H2,(H,15,17). The summed E-state index contributed by atoms with van der Waals surface area (Å²) in [6.45, 7) is 0. The molecule has 4 N–H and O–H groups in total. The molecule has 2 rings (SSSR count). The molecule has 0 fully saturated rings. The van der Waals surface area contributed by atoms with Gasteiger partial charge in [-0.15, -0.1) is 0 Å². The van der Waals surface area contributed by atoms with Crippen molar-refractivity contribution < 1.29 is 9.90 Å². The van der Waals surface area contributed by atoms with Crippen molar-refractivity contribution in [3.05, 3.63) is 54.1 Å². The first-order valence-electron chi connectivity index (χ1n) is 5.12. The molecule has 0 saturated heterocycles. The van der Waals surface area contributed by atoms with Crippen LogP contribution < -0.4 is 11.1 Å². The molecule has 0 aliphatic heterocycles. The van der Waals surface area contributed by atoms with Crippen molar-refractivity contribution in [3.63, 3.8) is 0 Å². The van der Waals surface area contributed by atoms with Crippen molar-refractivity contribution in [2.75, 3.05) is 11.1 Å². The molecule has 2 aromatic rings. The summed E-state index contributed by atoms with van der Waals surface area (Å²) < 4.78 is 0. The van der Waals surface area contributed by atoms with Crippen LogP contribution >= 0.6 is 0 Å². The average molecular weight is 228 g/mol. The van der Waals surface area contributed by atoms with Crippen LogP contribution in [0.1, 0.15) is 10.4 Å². The van der Waals surface area contributed by atoms with Gasteiger partial charge in [0.25, 0.3) is 5.91 Å². The zero-order valence-electron chi connectivity index (χ0n) is 9.05. The molecule has 0 bridgehead atoms. The minimum atomic E-state index is -0.261. The van der Waals surface area contributed by atoms with Crippen LogP contribution in [0.15, 0.2) is 48.5 Å². The average Bonchev–Trinajstić information content (AvgIpc) is 2.33. The Morgan fingerprint density at radius 2 is 1.71 bits per heavy atom. The summed E-state index contributed by atoms with van der Waals surface area (Å²) in [4.78, 5) is 11.8. The van der Waals surface area contributed by atoms with Crippen LogP contribution in [-0.4, -0.2) is 11.0 Å². The predicted octanol–water partition coefficient (Wildman–Crippen LogP) is 2.23. The van der Waals surface area contributed by atoms with E-state index in [-0.39, 0.29) is 11.7 Å². The molecule has 0 aromatic heterocycles. The molecule has 0 aliphatic rings. The fourth-order valence-electron chi connectivity index (χ4n) is 1.42. The number of nitrogen functional groups attached to an aromatic ring is 1. The minimum absolute atomic E-state index is 0.126. The van der Waals surface area contributed by atoms with E-state index in [4.69, 9.17) is 10.8 Å². The zero-order chi connectivity index (χ0) is 12.3. The van der Waals surface area contributed by atoms with Crippen LogP contribution in [0.5, 0.6) is 5.75 Å².